The Balaban J connectivity index is 2.50. The molecule has 102 valence electrons. The van der Waals surface area contributed by atoms with E-state index in [0.717, 1.165) is 15.4 Å². The van der Waals surface area contributed by atoms with Crippen LogP contribution in [0.5, 0.6) is 11.5 Å². The Morgan fingerprint density at radius 2 is 1.95 bits per heavy atom. The van der Waals surface area contributed by atoms with Gasteiger partial charge in [0.15, 0.2) is 11.5 Å². The standard InChI is InChI=1S/C14H17NO3S/c1-14(2,16)11-8-15-13(19-11)9-6-5-7-10(17-3)12(9)18-4/h5-8,16H,1-4H3. The molecule has 1 heterocycles. The van der Waals surface area contributed by atoms with Crippen molar-refractivity contribution in [2.75, 3.05) is 14.2 Å². The van der Waals surface area contributed by atoms with Gasteiger partial charge in [0.2, 0.25) is 0 Å². The van der Waals surface area contributed by atoms with E-state index < -0.39 is 5.60 Å². The van der Waals surface area contributed by atoms with E-state index in [-0.39, 0.29) is 0 Å². The molecule has 0 unspecified atom stereocenters. The van der Waals surface area contributed by atoms with Crippen molar-refractivity contribution in [3.63, 3.8) is 0 Å². The van der Waals surface area contributed by atoms with Crippen LogP contribution in [0.25, 0.3) is 10.6 Å². The molecule has 0 spiro atoms. The molecule has 2 rings (SSSR count). The summed E-state index contributed by atoms with van der Waals surface area (Å²) in [7, 11) is 3.21. The summed E-state index contributed by atoms with van der Waals surface area (Å²) in [5, 5.41) is 10.8. The third-order valence-electron chi connectivity index (χ3n) is 2.74. The number of ether oxygens (including phenoxy) is 2. The van der Waals surface area contributed by atoms with Crippen LogP contribution in [-0.4, -0.2) is 24.3 Å². The largest absolute Gasteiger partial charge is 0.493 e. The predicted molar refractivity (Wildman–Crippen MR) is 75.9 cm³/mol. The Morgan fingerprint density at radius 3 is 2.47 bits per heavy atom. The fraction of sp³-hybridized carbons (Fsp3) is 0.357. The van der Waals surface area contributed by atoms with Crippen molar-refractivity contribution in [2.24, 2.45) is 0 Å². The first-order valence-electron chi connectivity index (χ1n) is 5.87. The van der Waals surface area contributed by atoms with E-state index in [1.807, 2.05) is 18.2 Å². The van der Waals surface area contributed by atoms with E-state index in [2.05, 4.69) is 4.98 Å². The summed E-state index contributed by atoms with van der Waals surface area (Å²) < 4.78 is 10.7. The van der Waals surface area contributed by atoms with Gasteiger partial charge in [-0.1, -0.05) is 6.07 Å². The van der Waals surface area contributed by atoms with Gasteiger partial charge in [0, 0.05) is 6.20 Å². The monoisotopic (exact) mass is 279 g/mol. The molecular formula is C14H17NO3S. The number of methoxy groups -OCH3 is 2. The van der Waals surface area contributed by atoms with Gasteiger partial charge in [-0.3, -0.25) is 0 Å². The fourth-order valence-corrected chi connectivity index (χ4v) is 2.68. The van der Waals surface area contributed by atoms with Crippen LogP contribution in [0.3, 0.4) is 0 Å². The second-order valence-corrected chi connectivity index (χ2v) is 5.66. The average Bonchev–Trinajstić information content (AvgIpc) is 2.86. The number of nitrogens with zero attached hydrogens (tertiary/aromatic N) is 1. The summed E-state index contributed by atoms with van der Waals surface area (Å²) in [6.07, 6.45) is 1.69. The van der Waals surface area contributed by atoms with Crippen molar-refractivity contribution in [3.05, 3.63) is 29.3 Å². The molecule has 0 aliphatic carbocycles. The molecule has 1 aromatic heterocycles. The minimum absolute atomic E-state index is 0.654. The van der Waals surface area contributed by atoms with Crippen LogP contribution < -0.4 is 9.47 Å². The highest BCUT2D eigenvalue weighted by Crippen LogP contribution is 2.40. The SMILES string of the molecule is COc1cccc(-c2ncc(C(C)(C)O)s2)c1OC. The number of aromatic nitrogens is 1. The number of para-hydroxylation sites is 1. The van der Waals surface area contributed by atoms with Gasteiger partial charge in [-0.25, -0.2) is 4.98 Å². The number of thiazole rings is 1. The summed E-state index contributed by atoms with van der Waals surface area (Å²) in [6, 6.07) is 5.66. The molecule has 2 aromatic rings. The van der Waals surface area contributed by atoms with Crippen molar-refractivity contribution in [1.29, 1.82) is 0 Å². The minimum Gasteiger partial charge on any atom is -0.493 e. The second kappa shape index (κ2) is 5.19. The molecule has 1 aromatic carbocycles. The Morgan fingerprint density at radius 1 is 1.21 bits per heavy atom. The van der Waals surface area contributed by atoms with Crippen molar-refractivity contribution >= 4 is 11.3 Å². The van der Waals surface area contributed by atoms with Crippen molar-refractivity contribution in [1.82, 2.24) is 4.98 Å². The minimum atomic E-state index is -0.887. The normalized spacial score (nSPS) is 11.4. The molecule has 5 heteroatoms. The Kier molecular flexibility index (Phi) is 3.78. The lowest BCUT2D eigenvalue weighted by Gasteiger charge is -2.13. The molecule has 0 aliphatic heterocycles. The van der Waals surface area contributed by atoms with Crippen LogP contribution in [-0.2, 0) is 5.60 Å². The summed E-state index contributed by atoms with van der Waals surface area (Å²) in [5.74, 6) is 1.32. The van der Waals surface area contributed by atoms with E-state index in [4.69, 9.17) is 9.47 Å². The van der Waals surface area contributed by atoms with Gasteiger partial charge in [-0.15, -0.1) is 11.3 Å². The van der Waals surface area contributed by atoms with Gasteiger partial charge >= 0.3 is 0 Å². The third kappa shape index (κ3) is 2.72. The zero-order chi connectivity index (χ0) is 14.0. The van der Waals surface area contributed by atoms with Gasteiger partial charge in [-0.2, -0.15) is 0 Å². The Bertz CT molecular complexity index is 572. The molecule has 0 aliphatic rings. The van der Waals surface area contributed by atoms with Crippen molar-refractivity contribution in [2.45, 2.75) is 19.4 Å². The lowest BCUT2D eigenvalue weighted by atomic mass is 10.1. The summed E-state index contributed by atoms with van der Waals surface area (Å²) in [5.41, 5.74) is -0.0236. The van der Waals surface area contributed by atoms with E-state index in [1.54, 1.807) is 34.3 Å². The summed E-state index contributed by atoms with van der Waals surface area (Å²) >= 11 is 1.44. The summed E-state index contributed by atoms with van der Waals surface area (Å²) in [6.45, 7) is 3.49. The summed E-state index contributed by atoms with van der Waals surface area (Å²) in [4.78, 5) is 5.17. The molecule has 19 heavy (non-hydrogen) atoms. The number of hydrogen-bond acceptors (Lipinski definition) is 5. The van der Waals surface area contributed by atoms with Gasteiger partial charge < -0.3 is 14.6 Å². The topological polar surface area (TPSA) is 51.6 Å². The number of aliphatic hydroxyl groups is 1. The van der Waals surface area contributed by atoms with Gasteiger partial charge in [0.1, 0.15) is 5.01 Å². The second-order valence-electron chi connectivity index (χ2n) is 4.63. The van der Waals surface area contributed by atoms with Crippen LogP contribution >= 0.6 is 11.3 Å². The molecule has 4 nitrogen and oxygen atoms in total. The first-order chi connectivity index (χ1) is 8.97. The lowest BCUT2D eigenvalue weighted by molar-refractivity contribution is 0.0823. The van der Waals surface area contributed by atoms with Gasteiger partial charge in [-0.05, 0) is 26.0 Å². The van der Waals surface area contributed by atoms with Crippen molar-refractivity contribution in [3.8, 4) is 22.1 Å². The molecule has 0 saturated heterocycles. The van der Waals surface area contributed by atoms with Crippen LogP contribution in [0.2, 0.25) is 0 Å². The molecule has 0 atom stereocenters. The van der Waals surface area contributed by atoms with E-state index >= 15 is 0 Å². The molecule has 0 bridgehead atoms. The highest BCUT2D eigenvalue weighted by molar-refractivity contribution is 7.15. The van der Waals surface area contributed by atoms with Crippen LogP contribution in [0.1, 0.15) is 18.7 Å². The van der Waals surface area contributed by atoms with Crippen LogP contribution in [0.15, 0.2) is 24.4 Å². The lowest BCUT2D eigenvalue weighted by Crippen LogP contribution is -2.12. The maximum atomic E-state index is 9.99. The van der Waals surface area contributed by atoms with E-state index in [0.29, 0.717) is 11.5 Å². The van der Waals surface area contributed by atoms with Crippen molar-refractivity contribution < 1.29 is 14.6 Å². The molecule has 0 saturated carbocycles. The molecule has 0 amide bonds. The maximum absolute atomic E-state index is 9.99. The van der Waals surface area contributed by atoms with Gasteiger partial charge in [0.25, 0.3) is 0 Å². The number of rotatable bonds is 4. The highest BCUT2D eigenvalue weighted by Gasteiger charge is 2.21. The Labute approximate surface area is 116 Å². The predicted octanol–water partition coefficient (Wildman–Crippen LogP) is 3.05. The third-order valence-corrected chi connectivity index (χ3v) is 4.09. The first-order valence-corrected chi connectivity index (χ1v) is 6.69. The average molecular weight is 279 g/mol. The fourth-order valence-electron chi connectivity index (χ4n) is 1.74. The first kappa shape index (κ1) is 13.8. The molecule has 1 N–H and O–H groups in total. The van der Waals surface area contributed by atoms with Crippen LogP contribution in [0, 0.1) is 0 Å². The number of benzene rings is 1. The molecular weight excluding hydrogens is 262 g/mol. The van der Waals surface area contributed by atoms with Gasteiger partial charge in [0.05, 0.1) is 30.3 Å². The molecule has 0 radical (unpaired) electrons. The van der Waals surface area contributed by atoms with Crippen LogP contribution in [0.4, 0.5) is 0 Å². The smallest absolute Gasteiger partial charge is 0.170 e. The molecule has 0 fully saturated rings. The number of hydrogen-bond donors (Lipinski definition) is 1. The van der Waals surface area contributed by atoms with E-state index in [9.17, 15) is 5.11 Å². The zero-order valence-corrected chi connectivity index (χ0v) is 12.2. The Hall–Kier alpha value is -1.59. The zero-order valence-electron chi connectivity index (χ0n) is 11.4. The van der Waals surface area contributed by atoms with E-state index in [1.165, 1.54) is 11.3 Å². The highest BCUT2D eigenvalue weighted by atomic mass is 32.1. The maximum Gasteiger partial charge on any atom is 0.170 e. The quantitative estimate of drug-likeness (QED) is 0.934.